The second-order valence-electron chi connectivity index (χ2n) is 5.92. The molecule has 5 heteroatoms. The van der Waals surface area contributed by atoms with Gasteiger partial charge in [0.25, 0.3) is 0 Å². The summed E-state index contributed by atoms with van der Waals surface area (Å²) in [5.41, 5.74) is 1.30. The van der Waals surface area contributed by atoms with E-state index in [0.29, 0.717) is 6.04 Å². The van der Waals surface area contributed by atoms with Crippen molar-refractivity contribution in [3.05, 3.63) is 28.2 Å². The van der Waals surface area contributed by atoms with Crippen molar-refractivity contribution < 1.29 is 9.47 Å². The monoisotopic (exact) mass is 354 g/mol. The zero-order valence-corrected chi connectivity index (χ0v) is 14.1. The molecule has 2 heterocycles. The van der Waals surface area contributed by atoms with Crippen LogP contribution >= 0.6 is 15.9 Å². The lowest BCUT2D eigenvalue weighted by Crippen LogP contribution is -2.46. The van der Waals surface area contributed by atoms with E-state index in [-0.39, 0.29) is 6.10 Å². The molecule has 4 nitrogen and oxygen atoms in total. The summed E-state index contributed by atoms with van der Waals surface area (Å²) in [4.78, 5) is 2.46. The van der Waals surface area contributed by atoms with Gasteiger partial charge in [-0.2, -0.15) is 0 Å². The molecule has 3 rings (SSSR count). The van der Waals surface area contributed by atoms with E-state index in [1.807, 2.05) is 6.07 Å². The first-order chi connectivity index (χ1) is 10.2. The van der Waals surface area contributed by atoms with Gasteiger partial charge in [0.2, 0.25) is 0 Å². The van der Waals surface area contributed by atoms with E-state index >= 15 is 0 Å². The molecule has 0 saturated carbocycles. The highest BCUT2D eigenvalue weighted by molar-refractivity contribution is 9.10. The molecule has 0 aromatic heterocycles. The number of nitrogens with zero attached hydrogens (tertiary/aromatic N) is 1. The average Bonchev–Trinajstić information content (AvgIpc) is 2.88. The van der Waals surface area contributed by atoms with Crippen LogP contribution in [0.3, 0.4) is 0 Å². The quantitative estimate of drug-likeness (QED) is 0.877. The van der Waals surface area contributed by atoms with Crippen molar-refractivity contribution in [2.24, 2.45) is 0 Å². The summed E-state index contributed by atoms with van der Waals surface area (Å²) in [6.07, 6.45) is 1.24. The zero-order valence-electron chi connectivity index (χ0n) is 12.5. The average molecular weight is 355 g/mol. The zero-order chi connectivity index (χ0) is 14.7. The van der Waals surface area contributed by atoms with E-state index in [0.717, 1.165) is 56.0 Å². The van der Waals surface area contributed by atoms with Gasteiger partial charge < -0.3 is 14.8 Å². The third kappa shape index (κ3) is 4.19. The molecule has 1 saturated heterocycles. The van der Waals surface area contributed by atoms with Gasteiger partial charge in [-0.1, -0.05) is 15.9 Å². The number of nitrogens with one attached hydrogen (secondary N) is 1. The molecule has 2 aliphatic heterocycles. The van der Waals surface area contributed by atoms with Crippen molar-refractivity contribution in [2.45, 2.75) is 25.5 Å². The third-order valence-corrected chi connectivity index (χ3v) is 4.59. The van der Waals surface area contributed by atoms with Gasteiger partial charge in [0.1, 0.15) is 11.9 Å². The first-order valence-electron chi connectivity index (χ1n) is 7.69. The van der Waals surface area contributed by atoms with Gasteiger partial charge in [-0.25, -0.2) is 0 Å². The van der Waals surface area contributed by atoms with Crippen molar-refractivity contribution in [3.63, 3.8) is 0 Å². The molecule has 21 heavy (non-hydrogen) atoms. The van der Waals surface area contributed by atoms with Crippen molar-refractivity contribution in [1.29, 1.82) is 0 Å². The minimum Gasteiger partial charge on any atom is -0.488 e. The fourth-order valence-corrected chi connectivity index (χ4v) is 3.38. The summed E-state index contributed by atoms with van der Waals surface area (Å²) >= 11 is 3.52. The van der Waals surface area contributed by atoms with Crippen molar-refractivity contribution in [2.75, 3.05) is 39.4 Å². The second-order valence-corrected chi connectivity index (χ2v) is 6.83. The van der Waals surface area contributed by atoms with Crippen LogP contribution in [0.2, 0.25) is 0 Å². The molecular formula is C16H23BrN2O2. The largest absolute Gasteiger partial charge is 0.488 e. The number of benzene rings is 1. The maximum atomic E-state index is 5.99. The number of hydrogen-bond donors (Lipinski definition) is 1. The minimum atomic E-state index is 0.251. The standard InChI is InChI=1S/C16H23BrN2O2/c1-12(11-19-4-6-20-7-5-19)18-10-15-9-13-8-14(17)2-3-16(13)21-15/h2-3,8,12,15,18H,4-7,9-11H2,1H3. The fraction of sp³-hybridized carbons (Fsp3) is 0.625. The molecule has 0 amide bonds. The van der Waals surface area contributed by atoms with Crippen LogP contribution in [0.4, 0.5) is 0 Å². The summed E-state index contributed by atoms with van der Waals surface area (Å²) in [5.74, 6) is 1.03. The van der Waals surface area contributed by atoms with Crippen LogP contribution in [-0.4, -0.2) is 56.4 Å². The van der Waals surface area contributed by atoms with Crippen LogP contribution in [0, 0.1) is 0 Å². The molecule has 0 radical (unpaired) electrons. The summed E-state index contributed by atoms with van der Waals surface area (Å²) < 4.78 is 12.5. The number of ether oxygens (including phenoxy) is 2. The molecule has 1 aromatic rings. The Kier molecular flexibility index (Phi) is 5.16. The summed E-state index contributed by atoms with van der Waals surface area (Å²) in [5, 5.41) is 3.60. The molecule has 0 spiro atoms. The number of morpholine rings is 1. The number of hydrogen-bond acceptors (Lipinski definition) is 4. The van der Waals surface area contributed by atoms with E-state index in [9.17, 15) is 0 Å². The molecule has 2 unspecified atom stereocenters. The van der Waals surface area contributed by atoms with Gasteiger partial charge >= 0.3 is 0 Å². The van der Waals surface area contributed by atoms with Gasteiger partial charge in [-0.05, 0) is 30.7 Å². The Morgan fingerprint density at radius 1 is 1.38 bits per heavy atom. The van der Waals surface area contributed by atoms with Crippen molar-refractivity contribution in [1.82, 2.24) is 10.2 Å². The smallest absolute Gasteiger partial charge is 0.123 e. The van der Waals surface area contributed by atoms with E-state index in [4.69, 9.17) is 9.47 Å². The Morgan fingerprint density at radius 2 is 2.19 bits per heavy atom. The van der Waals surface area contributed by atoms with Crippen LogP contribution in [0.25, 0.3) is 0 Å². The lowest BCUT2D eigenvalue weighted by molar-refractivity contribution is 0.0339. The summed E-state index contributed by atoms with van der Waals surface area (Å²) in [6.45, 7) is 8.04. The van der Waals surface area contributed by atoms with E-state index in [1.165, 1.54) is 5.56 Å². The predicted molar refractivity (Wildman–Crippen MR) is 87.0 cm³/mol. The van der Waals surface area contributed by atoms with Crippen LogP contribution < -0.4 is 10.1 Å². The molecule has 1 N–H and O–H groups in total. The highest BCUT2D eigenvalue weighted by atomic mass is 79.9. The Bertz CT molecular complexity index is 477. The first-order valence-corrected chi connectivity index (χ1v) is 8.48. The van der Waals surface area contributed by atoms with Crippen LogP contribution in [0.5, 0.6) is 5.75 Å². The molecule has 0 aliphatic carbocycles. The Labute approximate surface area is 134 Å². The van der Waals surface area contributed by atoms with E-state index < -0.39 is 0 Å². The topological polar surface area (TPSA) is 33.7 Å². The molecule has 0 bridgehead atoms. The molecule has 1 fully saturated rings. The molecule has 2 atom stereocenters. The van der Waals surface area contributed by atoms with Gasteiger partial charge in [-0.3, -0.25) is 4.90 Å². The Hall–Kier alpha value is -0.620. The third-order valence-electron chi connectivity index (χ3n) is 4.09. The summed E-state index contributed by atoms with van der Waals surface area (Å²) in [6, 6.07) is 6.72. The fourth-order valence-electron chi connectivity index (χ4n) is 2.97. The predicted octanol–water partition coefficient (Wildman–Crippen LogP) is 2.06. The van der Waals surface area contributed by atoms with Gasteiger partial charge in [0.05, 0.1) is 13.2 Å². The normalized spacial score (nSPS) is 23.6. The molecule has 2 aliphatic rings. The van der Waals surface area contributed by atoms with Gasteiger partial charge in [0, 0.05) is 43.1 Å². The molecule has 1 aromatic carbocycles. The van der Waals surface area contributed by atoms with Gasteiger partial charge in [0.15, 0.2) is 0 Å². The number of halogens is 1. The Balaban J connectivity index is 1.42. The van der Waals surface area contributed by atoms with Crippen molar-refractivity contribution in [3.8, 4) is 5.75 Å². The Morgan fingerprint density at radius 3 is 3.00 bits per heavy atom. The van der Waals surface area contributed by atoms with E-state index in [2.05, 4.69) is 45.2 Å². The number of rotatable bonds is 5. The lowest BCUT2D eigenvalue weighted by Gasteiger charge is -2.29. The molecule has 116 valence electrons. The second kappa shape index (κ2) is 7.09. The molecular weight excluding hydrogens is 332 g/mol. The van der Waals surface area contributed by atoms with Crippen LogP contribution in [-0.2, 0) is 11.2 Å². The highest BCUT2D eigenvalue weighted by Gasteiger charge is 2.23. The van der Waals surface area contributed by atoms with Gasteiger partial charge in [-0.15, -0.1) is 0 Å². The maximum Gasteiger partial charge on any atom is 0.123 e. The SMILES string of the molecule is CC(CN1CCOCC1)NCC1Cc2cc(Br)ccc2O1. The van der Waals surface area contributed by atoms with Crippen LogP contribution in [0.1, 0.15) is 12.5 Å². The van der Waals surface area contributed by atoms with Crippen molar-refractivity contribution >= 4 is 15.9 Å². The number of fused-ring (bicyclic) bond motifs is 1. The summed E-state index contributed by atoms with van der Waals surface area (Å²) in [7, 11) is 0. The maximum absolute atomic E-state index is 5.99. The first kappa shape index (κ1) is 15.3. The minimum absolute atomic E-state index is 0.251. The van der Waals surface area contributed by atoms with Crippen LogP contribution in [0.15, 0.2) is 22.7 Å². The lowest BCUT2D eigenvalue weighted by atomic mass is 10.1. The van der Waals surface area contributed by atoms with E-state index in [1.54, 1.807) is 0 Å². The highest BCUT2D eigenvalue weighted by Crippen LogP contribution is 2.30.